The topological polar surface area (TPSA) is 85.8 Å². The molecular weight excluding hydrogens is 222 g/mol. The van der Waals surface area contributed by atoms with E-state index in [9.17, 15) is 4.79 Å². The van der Waals surface area contributed by atoms with Crippen LogP contribution < -0.4 is 0 Å². The summed E-state index contributed by atoms with van der Waals surface area (Å²) in [6.45, 7) is 2.00. The minimum Gasteiger partial charge on any atom is -0.475 e. The molecule has 1 N–H and O–H groups in total. The molecule has 90 valence electrons. The van der Waals surface area contributed by atoms with E-state index in [0.717, 1.165) is 12.1 Å². The molecule has 0 unspecified atom stereocenters. The van der Waals surface area contributed by atoms with Crippen LogP contribution in [-0.2, 0) is 13.5 Å². The van der Waals surface area contributed by atoms with Gasteiger partial charge in [0.25, 0.3) is 5.82 Å². The summed E-state index contributed by atoms with van der Waals surface area (Å²) in [6, 6.07) is 0. The van der Waals surface area contributed by atoms with Crippen LogP contribution in [0.2, 0.25) is 0 Å². The first-order valence-corrected chi connectivity index (χ1v) is 5.30. The molecule has 0 saturated heterocycles. The second-order valence-electron chi connectivity index (χ2n) is 3.69. The zero-order chi connectivity index (χ0) is 12.4. The molecule has 0 bridgehead atoms. The van der Waals surface area contributed by atoms with E-state index in [2.05, 4.69) is 15.2 Å². The van der Waals surface area contributed by atoms with Crippen molar-refractivity contribution in [2.24, 2.45) is 7.05 Å². The fourth-order valence-corrected chi connectivity index (χ4v) is 1.54. The summed E-state index contributed by atoms with van der Waals surface area (Å²) in [7, 11) is 1.79. The van der Waals surface area contributed by atoms with E-state index in [0.29, 0.717) is 12.2 Å². The normalized spacial score (nSPS) is 10.7. The highest BCUT2D eigenvalue weighted by molar-refractivity contribution is 5.83. The Kier molecular flexibility index (Phi) is 2.90. The lowest BCUT2D eigenvalue weighted by Crippen LogP contribution is -2.03. The predicted octanol–water partition coefficient (Wildman–Crippen LogP) is 0.651. The van der Waals surface area contributed by atoms with Gasteiger partial charge in [-0.2, -0.15) is 5.10 Å². The Bertz CT molecular complexity index is 543. The minimum absolute atomic E-state index is 0.183. The van der Waals surface area contributed by atoms with Gasteiger partial charge in [-0.15, -0.1) is 5.10 Å². The van der Waals surface area contributed by atoms with Crippen molar-refractivity contribution in [1.29, 1.82) is 0 Å². The molecule has 0 amide bonds. The van der Waals surface area contributed by atoms with Crippen molar-refractivity contribution in [2.75, 3.05) is 0 Å². The van der Waals surface area contributed by atoms with Gasteiger partial charge in [0.1, 0.15) is 11.5 Å². The van der Waals surface area contributed by atoms with E-state index in [1.54, 1.807) is 24.1 Å². The number of carbonyl (C=O) groups is 1. The van der Waals surface area contributed by atoms with E-state index in [1.165, 1.54) is 4.68 Å². The molecule has 7 nitrogen and oxygen atoms in total. The standard InChI is InChI=1S/C10H13N5O2/c1-3-4-8-12-9(10(16)17)13-15(8)7-5-11-14(2)6-7/h5-6H,3-4H2,1-2H3,(H,16,17). The molecule has 2 aromatic rings. The van der Waals surface area contributed by atoms with Crippen LogP contribution in [0.4, 0.5) is 0 Å². The Labute approximate surface area is 97.7 Å². The van der Waals surface area contributed by atoms with Crippen LogP contribution in [0.25, 0.3) is 5.69 Å². The maximum absolute atomic E-state index is 10.8. The summed E-state index contributed by atoms with van der Waals surface area (Å²) < 4.78 is 3.16. The molecular formula is C10H13N5O2. The van der Waals surface area contributed by atoms with Crippen LogP contribution in [0.15, 0.2) is 12.4 Å². The van der Waals surface area contributed by atoms with Gasteiger partial charge < -0.3 is 5.11 Å². The van der Waals surface area contributed by atoms with Crippen LogP contribution in [0, 0.1) is 0 Å². The summed E-state index contributed by atoms with van der Waals surface area (Å²) in [5, 5.41) is 16.9. The first-order chi connectivity index (χ1) is 8.11. The third-order valence-corrected chi connectivity index (χ3v) is 2.27. The number of aromatic carboxylic acids is 1. The molecule has 2 heterocycles. The number of carboxylic acids is 1. The van der Waals surface area contributed by atoms with Gasteiger partial charge in [0, 0.05) is 13.5 Å². The van der Waals surface area contributed by atoms with Gasteiger partial charge in [-0.05, 0) is 6.42 Å². The molecule has 2 rings (SSSR count). The van der Waals surface area contributed by atoms with Gasteiger partial charge in [0.2, 0.25) is 0 Å². The number of hydrogen-bond donors (Lipinski definition) is 1. The third kappa shape index (κ3) is 2.17. The van der Waals surface area contributed by atoms with E-state index >= 15 is 0 Å². The average molecular weight is 235 g/mol. The summed E-state index contributed by atoms with van der Waals surface area (Å²) in [5.41, 5.74) is 0.718. The van der Waals surface area contributed by atoms with Crippen molar-refractivity contribution in [3.8, 4) is 5.69 Å². The third-order valence-electron chi connectivity index (χ3n) is 2.27. The predicted molar refractivity (Wildman–Crippen MR) is 59.1 cm³/mol. The first-order valence-electron chi connectivity index (χ1n) is 5.30. The quantitative estimate of drug-likeness (QED) is 0.840. The van der Waals surface area contributed by atoms with E-state index < -0.39 is 5.97 Å². The lowest BCUT2D eigenvalue weighted by atomic mass is 10.3. The van der Waals surface area contributed by atoms with Crippen molar-refractivity contribution in [1.82, 2.24) is 24.5 Å². The van der Waals surface area contributed by atoms with Crippen molar-refractivity contribution >= 4 is 5.97 Å². The highest BCUT2D eigenvalue weighted by Gasteiger charge is 2.16. The Hall–Kier alpha value is -2.18. The monoisotopic (exact) mass is 235 g/mol. The van der Waals surface area contributed by atoms with Crippen LogP contribution in [0.3, 0.4) is 0 Å². The number of aromatic nitrogens is 5. The van der Waals surface area contributed by atoms with Crippen LogP contribution in [0.5, 0.6) is 0 Å². The number of carboxylic acid groups (broad SMARTS) is 1. The zero-order valence-corrected chi connectivity index (χ0v) is 9.66. The Morgan fingerprint density at radius 2 is 2.29 bits per heavy atom. The minimum atomic E-state index is -1.12. The van der Waals surface area contributed by atoms with Gasteiger partial charge in [-0.3, -0.25) is 4.68 Å². The SMILES string of the molecule is CCCc1nc(C(=O)O)nn1-c1cnn(C)c1. The number of nitrogens with zero attached hydrogens (tertiary/aromatic N) is 5. The van der Waals surface area contributed by atoms with Crippen LogP contribution >= 0.6 is 0 Å². The van der Waals surface area contributed by atoms with E-state index in [-0.39, 0.29) is 5.82 Å². The van der Waals surface area contributed by atoms with Crippen molar-refractivity contribution in [2.45, 2.75) is 19.8 Å². The molecule has 2 aromatic heterocycles. The molecule has 0 fully saturated rings. The lowest BCUT2D eigenvalue weighted by molar-refractivity contribution is 0.0683. The van der Waals surface area contributed by atoms with Gasteiger partial charge in [-0.25, -0.2) is 14.5 Å². The lowest BCUT2D eigenvalue weighted by Gasteiger charge is -2.00. The second-order valence-corrected chi connectivity index (χ2v) is 3.69. The van der Waals surface area contributed by atoms with E-state index in [4.69, 9.17) is 5.11 Å². The summed E-state index contributed by atoms with van der Waals surface area (Å²) in [5.74, 6) is -0.666. The molecule has 17 heavy (non-hydrogen) atoms. The molecule has 0 aliphatic rings. The molecule has 0 spiro atoms. The maximum Gasteiger partial charge on any atom is 0.375 e. The van der Waals surface area contributed by atoms with Crippen molar-refractivity contribution in [3.63, 3.8) is 0 Å². The smallest absolute Gasteiger partial charge is 0.375 e. The van der Waals surface area contributed by atoms with Gasteiger partial charge in [-0.1, -0.05) is 6.92 Å². The highest BCUT2D eigenvalue weighted by atomic mass is 16.4. The summed E-state index contributed by atoms with van der Waals surface area (Å²) in [6.07, 6.45) is 4.94. The molecule has 0 aliphatic carbocycles. The summed E-state index contributed by atoms with van der Waals surface area (Å²) >= 11 is 0. The van der Waals surface area contributed by atoms with Crippen molar-refractivity contribution < 1.29 is 9.90 Å². The average Bonchev–Trinajstić information content (AvgIpc) is 2.85. The number of rotatable bonds is 4. The van der Waals surface area contributed by atoms with Crippen LogP contribution in [-0.4, -0.2) is 35.6 Å². The Balaban J connectivity index is 2.47. The Morgan fingerprint density at radius 3 is 2.82 bits per heavy atom. The van der Waals surface area contributed by atoms with Crippen LogP contribution in [0.1, 0.15) is 29.8 Å². The molecule has 0 aromatic carbocycles. The van der Waals surface area contributed by atoms with Gasteiger partial charge in [0.05, 0.1) is 12.4 Å². The molecule has 0 radical (unpaired) electrons. The molecule has 7 heteroatoms. The number of aryl methyl sites for hydroxylation is 2. The molecule has 0 aliphatic heterocycles. The van der Waals surface area contributed by atoms with Gasteiger partial charge >= 0.3 is 5.97 Å². The molecule has 0 saturated carbocycles. The van der Waals surface area contributed by atoms with Gasteiger partial charge in [0.15, 0.2) is 0 Å². The van der Waals surface area contributed by atoms with E-state index in [1.807, 2.05) is 6.92 Å². The highest BCUT2D eigenvalue weighted by Crippen LogP contribution is 2.10. The van der Waals surface area contributed by atoms with Crippen molar-refractivity contribution in [3.05, 3.63) is 24.0 Å². The molecule has 0 atom stereocenters. The first kappa shape index (κ1) is 11.3. The zero-order valence-electron chi connectivity index (χ0n) is 9.66. The fraction of sp³-hybridized carbons (Fsp3) is 0.400. The summed E-state index contributed by atoms with van der Waals surface area (Å²) in [4.78, 5) is 14.8. The Morgan fingerprint density at radius 1 is 1.53 bits per heavy atom. The fourth-order valence-electron chi connectivity index (χ4n) is 1.54. The second kappa shape index (κ2) is 4.36. The largest absolute Gasteiger partial charge is 0.475 e. The number of hydrogen-bond acceptors (Lipinski definition) is 4. The maximum atomic E-state index is 10.8.